The third-order valence-corrected chi connectivity index (χ3v) is 3.64. The van der Waals surface area contributed by atoms with Gasteiger partial charge in [0, 0.05) is 18.7 Å². The molecule has 0 aliphatic rings. The molecule has 1 unspecified atom stereocenters. The lowest BCUT2D eigenvalue weighted by Crippen LogP contribution is -2.38. The van der Waals surface area contributed by atoms with Crippen LogP contribution in [-0.4, -0.2) is 22.9 Å². The summed E-state index contributed by atoms with van der Waals surface area (Å²) in [5.41, 5.74) is 7.06. The monoisotopic (exact) mass is 265 g/mol. The normalized spacial score (nSPS) is 13.6. The fraction of sp³-hybridized carbons (Fsp3) is 0.571. The summed E-state index contributed by atoms with van der Waals surface area (Å²) >= 11 is 0. The summed E-state index contributed by atoms with van der Waals surface area (Å²) in [7, 11) is 2.05. The summed E-state index contributed by atoms with van der Waals surface area (Å²) in [5.74, 6) is 0. The maximum absolute atomic E-state index is 10.7. The molecule has 5 nitrogen and oxygen atoms in total. The highest BCUT2D eigenvalue weighted by Crippen LogP contribution is 2.26. The molecule has 0 spiro atoms. The molecule has 1 rings (SSSR count). The molecule has 5 heteroatoms. The summed E-state index contributed by atoms with van der Waals surface area (Å²) in [5, 5.41) is 10.7. The van der Waals surface area contributed by atoms with E-state index in [2.05, 4.69) is 32.6 Å². The highest BCUT2D eigenvalue weighted by molar-refractivity contribution is 5.59. The van der Waals surface area contributed by atoms with Crippen molar-refractivity contribution in [1.29, 1.82) is 0 Å². The van der Waals surface area contributed by atoms with Crippen molar-refractivity contribution in [3.05, 3.63) is 33.9 Å². The fourth-order valence-electron chi connectivity index (χ4n) is 1.95. The highest BCUT2D eigenvalue weighted by Gasteiger charge is 2.24. The van der Waals surface area contributed by atoms with E-state index in [4.69, 9.17) is 5.73 Å². The Morgan fingerprint density at radius 2 is 2.00 bits per heavy atom. The van der Waals surface area contributed by atoms with E-state index in [1.54, 1.807) is 12.1 Å². The number of rotatable bonds is 4. The van der Waals surface area contributed by atoms with E-state index in [1.165, 1.54) is 6.07 Å². The maximum atomic E-state index is 10.7. The number of nitro benzene ring substituents is 1. The third-order valence-electron chi connectivity index (χ3n) is 3.64. The summed E-state index contributed by atoms with van der Waals surface area (Å²) < 4.78 is 0. The highest BCUT2D eigenvalue weighted by atomic mass is 16.6. The molecule has 0 heterocycles. The second-order valence-electron chi connectivity index (χ2n) is 6.11. The van der Waals surface area contributed by atoms with Crippen LogP contribution in [0.2, 0.25) is 0 Å². The Bertz CT molecular complexity index is 466. The second kappa shape index (κ2) is 5.57. The average Bonchev–Trinajstić information content (AvgIpc) is 2.26. The molecule has 106 valence electrons. The molecule has 1 atom stereocenters. The molecule has 0 saturated carbocycles. The van der Waals surface area contributed by atoms with Crippen LogP contribution in [0.4, 0.5) is 11.4 Å². The number of nitrogens with zero attached hydrogens (tertiary/aromatic N) is 2. The Labute approximate surface area is 114 Å². The molecule has 19 heavy (non-hydrogen) atoms. The molecule has 0 aliphatic heterocycles. The van der Waals surface area contributed by atoms with E-state index in [0.717, 1.165) is 12.1 Å². The molecule has 1 aromatic rings. The molecule has 0 fully saturated rings. The Balaban J connectivity index is 2.84. The van der Waals surface area contributed by atoms with Gasteiger partial charge < -0.3 is 5.73 Å². The summed E-state index contributed by atoms with van der Waals surface area (Å²) in [6.07, 6.45) is 0. The van der Waals surface area contributed by atoms with Crippen molar-refractivity contribution in [1.82, 2.24) is 4.90 Å². The first-order chi connectivity index (χ1) is 8.62. The van der Waals surface area contributed by atoms with E-state index >= 15 is 0 Å². The van der Waals surface area contributed by atoms with Gasteiger partial charge in [-0.2, -0.15) is 0 Å². The van der Waals surface area contributed by atoms with Crippen LogP contribution in [0, 0.1) is 15.5 Å². The van der Waals surface area contributed by atoms with E-state index in [-0.39, 0.29) is 16.8 Å². The molecular formula is C14H23N3O2. The predicted octanol–water partition coefficient (Wildman–Crippen LogP) is 3.04. The van der Waals surface area contributed by atoms with Gasteiger partial charge in [0.2, 0.25) is 0 Å². The van der Waals surface area contributed by atoms with Crippen LogP contribution in [0.5, 0.6) is 0 Å². The number of nitrogens with two attached hydrogens (primary N) is 1. The summed E-state index contributed by atoms with van der Waals surface area (Å²) in [6.45, 7) is 9.48. The van der Waals surface area contributed by atoms with Crippen molar-refractivity contribution < 1.29 is 4.92 Å². The zero-order valence-electron chi connectivity index (χ0n) is 12.3. The van der Waals surface area contributed by atoms with E-state index < -0.39 is 4.92 Å². The first-order valence-electron chi connectivity index (χ1n) is 6.36. The zero-order chi connectivity index (χ0) is 14.8. The average molecular weight is 265 g/mol. The number of nitro groups is 1. The maximum Gasteiger partial charge on any atom is 0.292 e. The lowest BCUT2D eigenvalue weighted by Gasteiger charge is -2.35. The molecule has 0 aromatic heterocycles. The SMILES string of the molecule is CC(N(C)Cc1ccc([N+](=O)[O-])c(N)c1)C(C)(C)C. The molecule has 2 N–H and O–H groups in total. The van der Waals surface area contributed by atoms with E-state index in [1.807, 2.05) is 7.05 Å². The number of benzene rings is 1. The molecule has 0 aliphatic carbocycles. The van der Waals surface area contributed by atoms with Crippen molar-refractivity contribution in [2.75, 3.05) is 12.8 Å². The third kappa shape index (κ3) is 3.92. The van der Waals surface area contributed by atoms with Gasteiger partial charge in [-0.1, -0.05) is 26.8 Å². The van der Waals surface area contributed by atoms with Crippen molar-refractivity contribution in [3.8, 4) is 0 Å². The second-order valence-corrected chi connectivity index (χ2v) is 6.11. The van der Waals surface area contributed by atoms with Crippen LogP contribution in [0.15, 0.2) is 18.2 Å². The number of nitrogen functional groups attached to an aromatic ring is 1. The van der Waals surface area contributed by atoms with Crippen molar-refractivity contribution >= 4 is 11.4 Å². The van der Waals surface area contributed by atoms with Crippen LogP contribution >= 0.6 is 0 Å². The van der Waals surface area contributed by atoms with Gasteiger partial charge in [-0.15, -0.1) is 0 Å². The smallest absolute Gasteiger partial charge is 0.292 e. The quantitative estimate of drug-likeness (QED) is 0.516. The Morgan fingerprint density at radius 3 is 2.42 bits per heavy atom. The lowest BCUT2D eigenvalue weighted by molar-refractivity contribution is -0.383. The van der Waals surface area contributed by atoms with Crippen molar-refractivity contribution in [2.45, 2.75) is 40.3 Å². The Hall–Kier alpha value is -1.62. The number of anilines is 1. The summed E-state index contributed by atoms with van der Waals surface area (Å²) in [4.78, 5) is 12.5. The lowest BCUT2D eigenvalue weighted by atomic mass is 9.87. The fourth-order valence-corrected chi connectivity index (χ4v) is 1.95. The van der Waals surface area contributed by atoms with Crippen molar-refractivity contribution in [3.63, 3.8) is 0 Å². The largest absolute Gasteiger partial charge is 0.393 e. The number of hydrogen-bond acceptors (Lipinski definition) is 4. The predicted molar refractivity (Wildman–Crippen MR) is 77.9 cm³/mol. The van der Waals surface area contributed by atoms with Gasteiger partial charge in [0.25, 0.3) is 5.69 Å². The Morgan fingerprint density at radius 1 is 1.42 bits per heavy atom. The summed E-state index contributed by atoms with van der Waals surface area (Å²) in [6, 6.07) is 5.31. The van der Waals surface area contributed by atoms with Gasteiger partial charge in [0.05, 0.1) is 4.92 Å². The Kier molecular flexibility index (Phi) is 4.52. The van der Waals surface area contributed by atoms with Crippen LogP contribution in [0.25, 0.3) is 0 Å². The number of hydrogen-bond donors (Lipinski definition) is 1. The minimum absolute atomic E-state index is 0.0322. The van der Waals surface area contributed by atoms with Crippen LogP contribution < -0.4 is 5.73 Å². The molecule has 0 saturated heterocycles. The van der Waals surface area contributed by atoms with E-state index in [0.29, 0.717) is 6.04 Å². The standard InChI is InChI=1S/C14H23N3O2/c1-10(14(2,3)4)16(5)9-11-6-7-13(17(18)19)12(15)8-11/h6-8,10H,9,15H2,1-5H3. The minimum atomic E-state index is -0.458. The molecular weight excluding hydrogens is 242 g/mol. The van der Waals surface area contributed by atoms with Gasteiger partial charge in [-0.3, -0.25) is 15.0 Å². The van der Waals surface area contributed by atoms with Crippen LogP contribution in [-0.2, 0) is 6.54 Å². The molecule has 0 bridgehead atoms. The van der Waals surface area contributed by atoms with Gasteiger partial charge in [0.15, 0.2) is 0 Å². The van der Waals surface area contributed by atoms with Crippen LogP contribution in [0.3, 0.4) is 0 Å². The van der Waals surface area contributed by atoms with Gasteiger partial charge >= 0.3 is 0 Å². The molecule has 0 radical (unpaired) electrons. The first kappa shape index (κ1) is 15.4. The topological polar surface area (TPSA) is 72.4 Å². The van der Waals surface area contributed by atoms with E-state index in [9.17, 15) is 10.1 Å². The van der Waals surface area contributed by atoms with Crippen LogP contribution in [0.1, 0.15) is 33.3 Å². The molecule has 0 amide bonds. The first-order valence-corrected chi connectivity index (χ1v) is 6.36. The molecule has 1 aromatic carbocycles. The zero-order valence-corrected chi connectivity index (χ0v) is 12.3. The minimum Gasteiger partial charge on any atom is -0.393 e. The van der Waals surface area contributed by atoms with Crippen molar-refractivity contribution in [2.24, 2.45) is 5.41 Å². The van der Waals surface area contributed by atoms with Gasteiger partial charge in [-0.25, -0.2) is 0 Å². The van der Waals surface area contributed by atoms with Gasteiger partial charge in [-0.05, 0) is 31.0 Å². The van der Waals surface area contributed by atoms with Gasteiger partial charge in [0.1, 0.15) is 5.69 Å².